The molecule has 1 unspecified atom stereocenters. The highest BCUT2D eigenvalue weighted by atomic mass is 16.4. The minimum Gasteiger partial charge on any atom is -0.481 e. The number of amides is 1. The van der Waals surface area contributed by atoms with Crippen molar-refractivity contribution >= 4 is 17.6 Å². The van der Waals surface area contributed by atoms with E-state index >= 15 is 0 Å². The number of nitrogens with zero attached hydrogens (tertiary/aromatic N) is 2. The van der Waals surface area contributed by atoms with Gasteiger partial charge in [-0.3, -0.25) is 14.6 Å². The third kappa shape index (κ3) is 7.10. The van der Waals surface area contributed by atoms with Crippen LogP contribution in [0, 0.1) is 5.41 Å². The molecule has 2 aliphatic rings. The molecule has 204 valence electrons. The maximum absolute atomic E-state index is 13.9. The van der Waals surface area contributed by atoms with Crippen LogP contribution in [0.25, 0.3) is 0 Å². The number of carboxylic acids is 1. The maximum atomic E-state index is 13.9. The number of nitrogens with one attached hydrogen (secondary N) is 1. The van der Waals surface area contributed by atoms with Crippen LogP contribution < -0.4 is 5.32 Å². The van der Waals surface area contributed by atoms with Gasteiger partial charge < -0.3 is 15.3 Å². The standard InChI is InChI=1S/C32H43N3O3/c1-31(2,3)20-16-27(25-14-12-24(13-15-25)22-33-21-17-28(36)37)23-35-30(38)29(26-10-6-4-7-11-26)34-32(35)18-8-5-9-19-32/h4,6-7,10-15,27,33H,5,8-9,16-23H2,1-3H3,(H,36,37). The molecule has 0 bridgehead atoms. The first-order chi connectivity index (χ1) is 18.2. The number of benzene rings is 2. The molecule has 1 aliphatic carbocycles. The molecule has 1 fully saturated rings. The van der Waals surface area contributed by atoms with E-state index in [1.807, 2.05) is 30.3 Å². The molecule has 2 N–H and O–H groups in total. The number of hydrogen-bond acceptors (Lipinski definition) is 4. The summed E-state index contributed by atoms with van der Waals surface area (Å²) in [5.41, 5.74) is 3.69. The van der Waals surface area contributed by atoms with E-state index in [9.17, 15) is 9.59 Å². The first-order valence-electron chi connectivity index (χ1n) is 14.2. The van der Waals surface area contributed by atoms with E-state index in [-0.39, 0.29) is 23.7 Å². The highest BCUT2D eigenvalue weighted by Gasteiger charge is 2.48. The van der Waals surface area contributed by atoms with Crippen LogP contribution in [0.5, 0.6) is 0 Å². The summed E-state index contributed by atoms with van der Waals surface area (Å²) >= 11 is 0. The van der Waals surface area contributed by atoms with E-state index in [4.69, 9.17) is 10.1 Å². The molecule has 4 rings (SSSR count). The van der Waals surface area contributed by atoms with Gasteiger partial charge in [0, 0.05) is 31.1 Å². The molecule has 6 heteroatoms. The molecule has 1 spiro atoms. The summed E-state index contributed by atoms with van der Waals surface area (Å²) < 4.78 is 0. The largest absolute Gasteiger partial charge is 0.481 e. The summed E-state index contributed by atoms with van der Waals surface area (Å²) in [7, 11) is 0. The zero-order valence-corrected chi connectivity index (χ0v) is 23.2. The zero-order chi connectivity index (χ0) is 27.2. The fourth-order valence-electron chi connectivity index (χ4n) is 5.70. The number of carbonyl (C=O) groups is 2. The molecule has 1 atom stereocenters. The quantitative estimate of drug-likeness (QED) is 0.350. The molecule has 0 saturated heterocycles. The van der Waals surface area contributed by atoms with Crippen LogP contribution in [-0.2, 0) is 16.1 Å². The molecule has 1 heterocycles. The van der Waals surface area contributed by atoms with Crippen molar-refractivity contribution < 1.29 is 14.7 Å². The summed E-state index contributed by atoms with van der Waals surface area (Å²) in [6, 6.07) is 18.6. The molecule has 1 aliphatic heterocycles. The predicted octanol–water partition coefficient (Wildman–Crippen LogP) is 6.15. The highest BCUT2D eigenvalue weighted by molar-refractivity contribution is 6.46. The Hall–Kier alpha value is -2.99. The van der Waals surface area contributed by atoms with Gasteiger partial charge in [0.2, 0.25) is 0 Å². The lowest BCUT2D eigenvalue weighted by Crippen LogP contribution is -2.49. The average molecular weight is 518 g/mol. The fourth-order valence-corrected chi connectivity index (χ4v) is 5.70. The van der Waals surface area contributed by atoms with E-state index in [1.165, 1.54) is 12.0 Å². The van der Waals surface area contributed by atoms with Crippen molar-refractivity contribution in [1.29, 1.82) is 0 Å². The second kappa shape index (κ2) is 12.2. The number of hydrogen-bond donors (Lipinski definition) is 2. The normalized spacial score (nSPS) is 18.0. The first-order valence-corrected chi connectivity index (χ1v) is 14.2. The van der Waals surface area contributed by atoms with Crippen LogP contribution in [0.3, 0.4) is 0 Å². The molecule has 0 radical (unpaired) electrons. The number of carboxylic acid groups (broad SMARTS) is 1. The molecule has 0 aromatic heterocycles. The molecule has 38 heavy (non-hydrogen) atoms. The SMILES string of the molecule is CC(C)(C)CCC(CN1C(=O)C(c2ccccc2)=NC12CCCCC2)c1ccc(CNCCC(=O)O)cc1. The summed E-state index contributed by atoms with van der Waals surface area (Å²) in [5, 5.41) is 12.1. The van der Waals surface area contributed by atoms with Gasteiger partial charge >= 0.3 is 5.97 Å². The van der Waals surface area contributed by atoms with E-state index in [0.717, 1.165) is 49.7 Å². The Morgan fingerprint density at radius 2 is 1.74 bits per heavy atom. The van der Waals surface area contributed by atoms with Gasteiger partial charge in [0.1, 0.15) is 11.4 Å². The molecule has 1 amide bonds. The third-order valence-electron chi connectivity index (χ3n) is 7.91. The number of aliphatic carboxylic acids is 1. The Morgan fingerprint density at radius 3 is 2.37 bits per heavy atom. The summed E-state index contributed by atoms with van der Waals surface area (Å²) in [6.45, 7) is 8.59. The molecule has 2 aromatic carbocycles. The topological polar surface area (TPSA) is 82.0 Å². The van der Waals surface area contributed by atoms with Crippen LogP contribution in [0.4, 0.5) is 0 Å². The third-order valence-corrected chi connectivity index (χ3v) is 7.91. The first kappa shape index (κ1) is 28.0. The van der Waals surface area contributed by atoms with Crippen molar-refractivity contribution in [2.45, 2.75) is 90.3 Å². The highest BCUT2D eigenvalue weighted by Crippen LogP contribution is 2.42. The lowest BCUT2D eigenvalue weighted by molar-refractivity contribution is -0.137. The van der Waals surface area contributed by atoms with Gasteiger partial charge in [0.25, 0.3) is 5.91 Å². The van der Waals surface area contributed by atoms with Crippen molar-refractivity contribution in [3.63, 3.8) is 0 Å². The predicted molar refractivity (Wildman–Crippen MR) is 152 cm³/mol. The zero-order valence-electron chi connectivity index (χ0n) is 23.2. The molecular weight excluding hydrogens is 474 g/mol. The lowest BCUT2D eigenvalue weighted by atomic mass is 9.82. The molecule has 2 aromatic rings. The summed E-state index contributed by atoms with van der Waals surface area (Å²) in [5.74, 6) is -0.504. The fraction of sp³-hybridized carbons (Fsp3) is 0.531. The van der Waals surface area contributed by atoms with Gasteiger partial charge in [-0.15, -0.1) is 0 Å². The van der Waals surface area contributed by atoms with E-state index in [2.05, 4.69) is 55.3 Å². The average Bonchev–Trinajstić information content (AvgIpc) is 3.15. The summed E-state index contributed by atoms with van der Waals surface area (Å²) in [4.78, 5) is 32.0. The number of rotatable bonds is 11. The maximum Gasteiger partial charge on any atom is 0.304 e. The van der Waals surface area contributed by atoms with Crippen molar-refractivity contribution in [3.05, 3.63) is 71.3 Å². The van der Waals surface area contributed by atoms with Gasteiger partial charge in [-0.2, -0.15) is 0 Å². The minimum atomic E-state index is -0.791. The van der Waals surface area contributed by atoms with Gasteiger partial charge in [0.05, 0.1) is 6.42 Å². The lowest BCUT2D eigenvalue weighted by Gasteiger charge is -2.41. The van der Waals surface area contributed by atoms with Crippen molar-refractivity contribution in [2.24, 2.45) is 10.4 Å². The Kier molecular flexibility index (Phi) is 9.03. The van der Waals surface area contributed by atoms with Gasteiger partial charge in [-0.25, -0.2) is 0 Å². The van der Waals surface area contributed by atoms with Gasteiger partial charge in [-0.1, -0.05) is 81.8 Å². The van der Waals surface area contributed by atoms with Crippen LogP contribution in [0.15, 0.2) is 59.6 Å². The summed E-state index contributed by atoms with van der Waals surface area (Å²) in [6.07, 6.45) is 7.46. The second-order valence-corrected chi connectivity index (χ2v) is 12.1. The Labute approximate surface area is 227 Å². The monoisotopic (exact) mass is 517 g/mol. The van der Waals surface area contributed by atoms with Crippen molar-refractivity contribution in [3.8, 4) is 0 Å². The number of aliphatic imine (C=N–C) groups is 1. The van der Waals surface area contributed by atoms with Crippen LogP contribution in [0.1, 0.15) is 94.7 Å². The van der Waals surface area contributed by atoms with E-state index in [1.54, 1.807) is 0 Å². The Morgan fingerprint density at radius 1 is 1.05 bits per heavy atom. The molecule has 1 saturated carbocycles. The van der Waals surface area contributed by atoms with Crippen molar-refractivity contribution in [2.75, 3.05) is 13.1 Å². The van der Waals surface area contributed by atoms with Crippen molar-refractivity contribution in [1.82, 2.24) is 10.2 Å². The minimum absolute atomic E-state index is 0.0677. The molecular formula is C32H43N3O3. The van der Waals surface area contributed by atoms with Gasteiger partial charge in [0.15, 0.2) is 0 Å². The van der Waals surface area contributed by atoms with E-state index in [0.29, 0.717) is 25.3 Å². The van der Waals surface area contributed by atoms with Crippen LogP contribution >= 0.6 is 0 Å². The van der Waals surface area contributed by atoms with Crippen LogP contribution in [-0.4, -0.2) is 46.3 Å². The Bertz CT molecular complexity index is 1110. The molecule has 6 nitrogen and oxygen atoms in total. The van der Waals surface area contributed by atoms with Gasteiger partial charge in [-0.05, 0) is 55.1 Å². The van der Waals surface area contributed by atoms with Crippen LogP contribution in [0.2, 0.25) is 0 Å². The Balaban J connectivity index is 1.56. The smallest absolute Gasteiger partial charge is 0.304 e. The van der Waals surface area contributed by atoms with E-state index < -0.39 is 11.6 Å². The second-order valence-electron chi connectivity index (χ2n) is 12.1. The number of carbonyl (C=O) groups excluding carboxylic acids is 1.